The van der Waals surface area contributed by atoms with Gasteiger partial charge in [-0.25, -0.2) is 0 Å². The summed E-state index contributed by atoms with van der Waals surface area (Å²) in [6.07, 6.45) is -6.14. The molecule has 2 aliphatic carbocycles. The van der Waals surface area contributed by atoms with Gasteiger partial charge in [0.25, 0.3) is 5.91 Å². The van der Waals surface area contributed by atoms with Crippen LogP contribution in [-0.2, 0) is 18.9 Å². The van der Waals surface area contributed by atoms with Gasteiger partial charge in [0.05, 0.1) is 11.1 Å². The first kappa shape index (κ1) is 24.4. The van der Waals surface area contributed by atoms with Crippen LogP contribution in [0.2, 0.25) is 0 Å². The first-order chi connectivity index (χ1) is 15.9. The Balaban J connectivity index is 1.35. The Morgan fingerprint density at radius 1 is 0.971 bits per heavy atom. The van der Waals surface area contributed by atoms with Gasteiger partial charge in [-0.15, -0.1) is 0 Å². The number of phenols is 1. The van der Waals surface area contributed by atoms with Gasteiger partial charge in [-0.05, 0) is 61.8 Å². The lowest BCUT2D eigenvalue weighted by atomic mass is 9.82. The third-order valence-corrected chi connectivity index (χ3v) is 6.90. The van der Waals surface area contributed by atoms with Crippen LogP contribution in [-0.4, -0.2) is 23.1 Å². The number of phenolic OH excluding ortho intramolecular Hbond substituents is 1. The van der Waals surface area contributed by atoms with Crippen molar-refractivity contribution < 1.29 is 36.2 Å². The third kappa shape index (κ3) is 5.32. The van der Waals surface area contributed by atoms with Crippen LogP contribution in [0, 0.1) is 5.41 Å². The molecular weight excluding hydrogens is 462 g/mol. The van der Waals surface area contributed by atoms with Gasteiger partial charge in [0.1, 0.15) is 5.75 Å². The van der Waals surface area contributed by atoms with E-state index in [0.29, 0.717) is 25.1 Å². The monoisotopic (exact) mass is 486 g/mol. The van der Waals surface area contributed by atoms with Gasteiger partial charge in [-0.2, -0.15) is 26.3 Å². The largest absolute Gasteiger partial charge is 0.508 e. The van der Waals surface area contributed by atoms with E-state index in [1.807, 2.05) is 12.1 Å². The molecule has 3 N–H and O–H groups in total. The van der Waals surface area contributed by atoms with Crippen LogP contribution in [0.5, 0.6) is 5.75 Å². The fourth-order valence-electron chi connectivity index (χ4n) is 4.74. The highest BCUT2D eigenvalue weighted by molar-refractivity contribution is 5.95. The molecule has 0 radical (unpaired) electrons. The summed E-state index contributed by atoms with van der Waals surface area (Å²) in [5.74, 6) is -0.714. The highest BCUT2D eigenvalue weighted by atomic mass is 19.4. The molecule has 0 bridgehead atoms. The van der Waals surface area contributed by atoms with E-state index in [1.54, 1.807) is 12.1 Å². The molecule has 0 aromatic heterocycles. The molecular formula is C24H24F6N2O2. The number of alkyl halides is 6. The summed E-state index contributed by atoms with van der Waals surface area (Å²) in [5.41, 5.74) is -3.04. The van der Waals surface area contributed by atoms with E-state index in [0.717, 1.165) is 31.2 Å². The van der Waals surface area contributed by atoms with E-state index in [1.165, 1.54) is 0 Å². The van der Waals surface area contributed by atoms with Gasteiger partial charge in [0.15, 0.2) is 0 Å². The number of carbonyl (C=O) groups is 1. The third-order valence-electron chi connectivity index (χ3n) is 6.90. The molecule has 4 nitrogen and oxygen atoms in total. The van der Waals surface area contributed by atoms with Crippen molar-refractivity contribution >= 4 is 5.91 Å². The van der Waals surface area contributed by atoms with E-state index in [-0.39, 0.29) is 29.3 Å². The molecule has 34 heavy (non-hydrogen) atoms. The number of aromatic hydroxyl groups is 1. The Morgan fingerprint density at radius 2 is 1.56 bits per heavy atom. The minimum absolute atomic E-state index is 0.0128. The molecule has 0 heterocycles. The van der Waals surface area contributed by atoms with Gasteiger partial charge in [-0.1, -0.05) is 18.2 Å². The van der Waals surface area contributed by atoms with E-state index >= 15 is 0 Å². The van der Waals surface area contributed by atoms with Crippen LogP contribution >= 0.6 is 0 Å². The number of para-hydroxylation sites is 1. The van der Waals surface area contributed by atoms with Crippen LogP contribution < -0.4 is 10.6 Å². The number of hydrogen-bond donors (Lipinski definition) is 3. The van der Waals surface area contributed by atoms with Crippen molar-refractivity contribution in [3.05, 3.63) is 64.7 Å². The number of carbonyl (C=O) groups excluding carboxylic acids is 1. The molecule has 2 fully saturated rings. The van der Waals surface area contributed by atoms with Crippen LogP contribution in [0.3, 0.4) is 0 Å². The molecule has 0 aliphatic heterocycles. The predicted molar refractivity (Wildman–Crippen MR) is 112 cm³/mol. The molecule has 1 spiro atoms. The molecule has 4 rings (SSSR count). The molecule has 184 valence electrons. The van der Waals surface area contributed by atoms with Gasteiger partial charge in [0, 0.05) is 29.8 Å². The maximum Gasteiger partial charge on any atom is 0.416 e. The SMILES string of the molecule is O=C(NC1CC12CCC(NCc1ccccc1O)CC2)c1cc(C(F)(F)F)cc(C(F)(F)F)c1. The standard InChI is InChI=1S/C24H24F6N2O2/c25-23(26,27)16-9-15(10-17(11-16)24(28,29)30)21(34)32-20-12-22(20)7-5-18(6-8-22)31-13-14-3-1-2-4-19(14)33/h1-4,9-11,18,20,31,33H,5-8,12-13H2,(H,32,34). The lowest BCUT2D eigenvalue weighted by molar-refractivity contribution is -0.143. The Kier molecular flexibility index (Phi) is 6.30. The average molecular weight is 486 g/mol. The number of benzene rings is 2. The van der Waals surface area contributed by atoms with Crippen molar-refractivity contribution in [2.75, 3.05) is 0 Å². The number of nitrogens with one attached hydrogen (secondary N) is 2. The zero-order valence-electron chi connectivity index (χ0n) is 18.1. The fourth-order valence-corrected chi connectivity index (χ4v) is 4.74. The molecule has 0 saturated heterocycles. The zero-order chi connectivity index (χ0) is 24.7. The van der Waals surface area contributed by atoms with Crippen LogP contribution in [0.15, 0.2) is 42.5 Å². The van der Waals surface area contributed by atoms with Crippen molar-refractivity contribution in [3.8, 4) is 5.75 Å². The highest BCUT2D eigenvalue weighted by Gasteiger charge is 2.55. The van der Waals surface area contributed by atoms with Gasteiger partial charge >= 0.3 is 12.4 Å². The lowest BCUT2D eigenvalue weighted by Crippen LogP contribution is -2.36. The summed E-state index contributed by atoms with van der Waals surface area (Å²) in [7, 11) is 0. The van der Waals surface area contributed by atoms with Crippen molar-refractivity contribution in [1.82, 2.24) is 10.6 Å². The zero-order valence-corrected chi connectivity index (χ0v) is 18.1. The second kappa shape index (κ2) is 8.79. The predicted octanol–water partition coefficient (Wildman–Crippen LogP) is 5.65. The minimum Gasteiger partial charge on any atom is -0.508 e. The molecule has 2 aromatic rings. The molecule has 10 heteroatoms. The topological polar surface area (TPSA) is 61.4 Å². The second-order valence-electron chi connectivity index (χ2n) is 9.17. The lowest BCUT2D eigenvalue weighted by Gasteiger charge is -2.30. The van der Waals surface area contributed by atoms with E-state index in [2.05, 4.69) is 10.6 Å². The Morgan fingerprint density at radius 3 is 2.12 bits per heavy atom. The molecule has 1 atom stereocenters. The normalized spacial score (nSPS) is 24.8. The summed E-state index contributed by atoms with van der Waals surface area (Å²) in [6, 6.07) is 7.91. The maximum atomic E-state index is 13.1. The van der Waals surface area contributed by atoms with Crippen LogP contribution in [0.1, 0.15) is 59.2 Å². The quantitative estimate of drug-likeness (QED) is 0.479. The molecule has 1 unspecified atom stereocenters. The summed E-state index contributed by atoms with van der Waals surface area (Å²) in [6.45, 7) is 0.515. The van der Waals surface area contributed by atoms with Crippen molar-refractivity contribution in [1.29, 1.82) is 0 Å². The van der Waals surface area contributed by atoms with Crippen molar-refractivity contribution in [2.45, 2.75) is 63.1 Å². The molecule has 2 aromatic carbocycles. The number of amides is 1. The minimum atomic E-state index is -5.00. The van der Waals surface area contributed by atoms with E-state index in [9.17, 15) is 36.2 Å². The van der Waals surface area contributed by atoms with Gasteiger partial charge in [0.2, 0.25) is 0 Å². The fraction of sp³-hybridized carbons (Fsp3) is 0.458. The average Bonchev–Trinajstić information content (AvgIpc) is 3.43. The highest BCUT2D eigenvalue weighted by Crippen LogP contribution is 2.56. The first-order valence-electron chi connectivity index (χ1n) is 11.0. The van der Waals surface area contributed by atoms with Crippen LogP contribution in [0.25, 0.3) is 0 Å². The summed E-state index contributed by atoms with van der Waals surface area (Å²) in [4.78, 5) is 12.6. The Labute approximate surface area is 192 Å². The van der Waals surface area contributed by atoms with Crippen LogP contribution in [0.4, 0.5) is 26.3 Å². The smallest absolute Gasteiger partial charge is 0.416 e. The van der Waals surface area contributed by atoms with E-state index in [4.69, 9.17) is 0 Å². The van der Waals surface area contributed by atoms with Crippen molar-refractivity contribution in [3.63, 3.8) is 0 Å². The number of hydrogen-bond acceptors (Lipinski definition) is 3. The molecule has 1 amide bonds. The number of rotatable bonds is 5. The van der Waals surface area contributed by atoms with Gasteiger partial charge < -0.3 is 15.7 Å². The van der Waals surface area contributed by atoms with Gasteiger partial charge in [-0.3, -0.25) is 4.79 Å². The molecule has 2 aliphatic rings. The summed E-state index contributed by atoms with van der Waals surface area (Å²) in [5, 5.41) is 15.9. The second-order valence-corrected chi connectivity index (χ2v) is 9.17. The summed E-state index contributed by atoms with van der Waals surface area (Å²) < 4.78 is 78.4. The molecule has 2 saturated carbocycles. The Bertz CT molecular complexity index is 1030. The summed E-state index contributed by atoms with van der Waals surface area (Å²) >= 11 is 0. The van der Waals surface area contributed by atoms with Crippen molar-refractivity contribution in [2.24, 2.45) is 5.41 Å². The first-order valence-corrected chi connectivity index (χ1v) is 11.0. The van der Waals surface area contributed by atoms with E-state index < -0.39 is 35.0 Å². The Hall–Kier alpha value is -2.75. The maximum absolute atomic E-state index is 13.1. The number of halogens is 6.